The predicted molar refractivity (Wildman–Crippen MR) is 91.1 cm³/mol. The maximum Gasteiger partial charge on any atom is 0.317 e. The van der Waals surface area contributed by atoms with Crippen molar-refractivity contribution in [1.29, 1.82) is 0 Å². The number of thiophene rings is 1. The van der Waals surface area contributed by atoms with Crippen molar-refractivity contribution in [2.24, 2.45) is 0 Å². The highest BCUT2D eigenvalue weighted by molar-refractivity contribution is 7.09. The fourth-order valence-corrected chi connectivity index (χ4v) is 3.67. The van der Waals surface area contributed by atoms with Gasteiger partial charge in [-0.1, -0.05) is 24.6 Å². The third kappa shape index (κ3) is 4.32. The first-order chi connectivity index (χ1) is 11.2. The number of carbonyl (C=O) groups is 1. The van der Waals surface area contributed by atoms with Gasteiger partial charge in [-0.2, -0.15) is 0 Å². The van der Waals surface area contributed by atoms with Crippen LogP contribution in [0, 0.1) is 5.82 Å². The van der Waals surface area contributed by atoms with Crippen molar-refractivity contribution < 1.29 is 9.18 Å². The number of nitrogens with zero attached hydrogens (tertiary/aromatic N) is 1. The van der Waals surface area contributed by atoms with Gasteiger partial charge in [-0.15, -0.1) is 11.3 Å². The van der Waals surface area contributed by atoms with Gasteiger partial charge in [-0.05, 0) is 42.0 Å². The number of rotatable bonds is 3. The maximum absolute atomic E-state index is 13.1. The molecule has 1 aliphatic heterocycles. The molecule has 23 heavy (non-hydrogen) atoms. The van der Waals surface area contributed by atoms with Crippen LogP contribution in [0.3, 0.4) is 0 Å². The molecule has 1 aromatic heterocycles. The monoisotopic (exact) mass is 332 g/mol. The van der Waals surface area contributed by atoms with Crippen molar-refractivity contribution in [2.45, 2.75) is 31.7 Å². The number of urea groups is 1. The topological polar surface area (TPSA) is 32.3 Å². The third-order valence-electron chi connectivity index (χ3n) is 4.29. The predicted octanol–water partition coefficient (Wildman–Crippen LogP) is 4.37. The Morgan fingerprint density at radius 2 is 2.09 bits per heavy atom. The second-order valence-corrected chi connectivity index (χ2v) is 6.96. The largest absolute Gasteiger partial charge is 0.333 e. The molecule has 0 aliphatic carbocycles. The zero-order valence-corrected chi connectivity index (χ0v) is 13.8. The van der Waals surface area contributed by atoms with Gasteiger partial charge in [0.1, 0.15) is 5.82 Å². The van der Waals surface area contributed by atoms with Gasteiger partial charge in [0.2, 0.25) is 0 Å². The quantitative estimate of drug-likeness (QED) is 0.889. The van der Waals surface area contributed by atoms with Gasteiger partial charge in [-0.25, -0.2) is 9.18 Å². The van der Waals surface area contributed by atoms with Gasteiger partial charge < -0.3 is 10.2 Å². The summed E-state index contributed by atoms with van der Waals surface area (Å²) in [5.74, 6) is 0.0681. The van der Waals surface area contributed by atoms with Crippen molar-refractivity contribution in [3.63, 3.8) is 0 Å². The van der Waals surface area contributed by atoms with Gasteiger partial charge in [0.25, 0.3) is 0 Å². The molecular formula is C18H21FN2OS. The summed E-state index contributed by atoms with van der Waals surface area (Å²) >= 11 is 1.65. The van der Waals surface area contributed by atoms with Gasteiger partial charge in [0.15, 0.2) is 0 Å². The highest BCUT2D eigenvalue weighted by Gasteiger charge is 2.23. The lowest BCUT2D eigenvalue weighted by Gasteiger charge is -2.25. The molecule has 1 aromatic carbocycles. The molecule has 1 N–H and O–H groups in total. The molecule has 1 saturated heterocycles. The van der Waals surface area contributed by atoms with Crippen LogP contribution in [0.25, 0.3) is 0 Å². The summed E-state index contributed by atoms with van der Waals surface area (Å²) < 4.78 is 13.1. The van der Waals surface area contributed by atoms with Crippen molar-refractivity contribution in [3.05, 3.63) is 58.0 Å². The molecule has 0 unspecified atom stereocenters. The Hall–Kier alpha value is -1.88. The zero-order valence-electron chi connectivity index (χ0n) is 13.0. The number of amides is 2. The van der Waals surface area contributed by atoms with Crippen LogP contribution in [0.1, 0.15) is 35.6 Å². The van der Waals surface area contributed by atoms with Gasteiger partial charge in [-0.3, -0.25) is 0 Å². The van der Waals surface area contributed by atoms with E-state index in [1.807, 2.05) is 34.5 Å². The highest BCUT2D eigenvalue weighted by atomic mass is 32.1. The molecule has 5 heteroatoms. The molecule has 1 aliphatic rings. The smallest absolute Gasteiger partial charge is 0.317 e. The van der Waals surface area contributed by atoms with E-state index in [0.717, 1.165) is 36.2 Å². The van der Waals surface area contributed by atoms with Gasteiger partial charge in [0.05, 0.1) is 6.54 Å². The van der Waals surface area contributed by atoms with Gasteiger partial charge in [0, 0.05) is 23.9 Å². The first kappa shape index (κ1) is 16.0. The molecule has 3 nitrogen and oxygen atoms in total. The Kier molecular flexibility index (Phi) is 5.28. The average Bonchev–Trinajstić information content (AvgIpc) is 2.96. The summed E-state index contributed by atoms with van der Waals surface area (Å²) in [4.78, 5) is 15.5. The third-order valence-corrected chi connectivity index (χ3v) is 5.17. The molecule has 1 fully saturated rings. The summed E-state index contributed by atoms with van der Waals surface area (Å²) in [6.45, 7) is 2.06. The van der Waals surface area contributed by atoms with E-state index in [0.29, 0.717) is 13.1 Å². The van der Waals surface area contributed by atoms with Crippen LogP contribution in [0.2, 0.25) is 0 Å². The van der Waals surface area contributed by atoms with Crippen molar-refractivity contribution in [2.75, 3.05) is 13.1 Å². The minimum atomic E-state index is -0.215. The van der Waals surface area contributed by atoms with E-state index in [4.69, 9.17) is 0 Å². The lowest BCUT2D eigenvalue weighted by Crippen LogP contribution is -2.41. The van der Waals surface area contributed by atoms with E-state index < -0.39 is 0 Å². The summed E-state index contributed by atoms with van der Waals surface area (Å²) in [6, 6.07) is 10.7. The van der Waals surface area contributed by atoms with Crippen LogP contribution >= 0.6 is 11.3 Å². The lowest BCUT2D eigenvalue weighted by molar-refractivity contribution is 0.197. The second kappa shape index (κ2) is 7.59. The first-order valence-corrected chi connectivity index (χ1v) is 8.91. The molecular weight excluding hydrogens is 311 g/mol. The van der Waals surface area contributed by atoms with E-state index in [1.54, 1.807) is 11.3 Å². The van der Waals surface area contributed by atoms with Crippen molar-refractivity contribution in [3.8, 4) is 0 Å². The Bertz CT molecular complexity index is 627. The fraction of sp³-hybridized carbons (Fsp3) is 0.389. The zero-order chi connectivity index (χ0) is 16.1. The number of hydrogen-bond acceptors (Lipinski definition) is 2. The fourth-order valence-electron chi connectivity index (χ4n) is 3.02. The minimum absolute atomic E-state index is 0.00703. The minimum Gasteiger partial charge on any atom is -0.333 e. The molecule has 2 heterocycles. The molecule has 3 rings (SSSR count). The summed E-state index contributed by atoms with van der Waals surface area (Å²) in [6.07, 6.45) is 3.15. The van der Waals surface area contributed by atoms with E-state index >= 15 is 0 Å². The Balaban J connectivity index is 1.62. The van der Waals surface area contributed by atoms with Crippen molar-refractivity contribution in [1.82, 2.24) is 10.2 Å². The Morgan fingerprint density at radius 1 is 1.26 bits per heavy atom. The van der Waals surface area contributed by atoms with Crippen LogP contribution in [0.15, 0.2) is 41.8 Å². The summed E-state index contributed by atoms with van der Waals surface area (Å²) in [5, 5.41) is 5.01. The van der Waals surface area contributed by atoms with Crippen LogP contribution in [-0.4, -0.2) is 24.0 Å². The molecule has 2 amide bonds. The second-order valence-electron chi connectivity index (χ2n) is 5.93. The molecule has 1 atom stereocenters. The van der Waals surface area contributed by atoms with E-state index in [1.165, 1.54) is 12.1 Å². The number of benzene rings is 1. The van der Waals surface area contributed by atoms with E-state index in [2.05, 4.69) is 5.32 Å². The Morgan fingerprint density at radius 3 is 2.83 bits per heavy atom. The molecule has 0 spiro atoms. The molecule has 0 bridgehead atoms. The standard InChI is InChI=1S/C18H21FN2OS/c19-16-8-6-14(7-9-16)15-4-1-2-10-21(13-15)18(22)20-12-17-5-3-11-23-17/h3,5-9,11,15H,1-2,4,10,12-13H2,(H,20,22)/t15-/m1/s1. The Labute approximate surface area is 140 Å². The average molecular weight is 332 g/mol. The number of nitrogens with one attached hydrogen (secondary N) is 1. The SMILES string of the molecule is O=C(NCc1cccs1)N1CCCC[C@@H](c2ccc(F)cc2)C1. The summed E-state index contributed by atoms with van der Waals surface area (Å²) in [5.41, 5.74) is 1.12. The van der Waals surface area contributed by atoms with Crippen molar-refractivity contribution >= 4 is 17.4 Å². The highest BCUT2D eigenvalue weighted by Crippen LogP contribution is 2.26. The van der Waals surface area contributed by atoms with Crippen LogP contribution in [0.5, 0.6) is 0 Å². The van der Waals surface area contributed by atoms with Gasteiger partial charge >= 0.3 is 6.03 Å². The number of halogens is 1. The number of likely N-dealkylation sites (tertiary alicyclic amines) is 1. The number of carbonyl (C=O) groups excluding carboxylic acids is 1. The number of hydrogen-bond donors (Lipinski definition) is 1. The molecule has 0 saturated carbocycles. The van der Waals surface area contributed by atoms with Crippen LogP contribution in [0.4, 0.5) is 9.18 Å². The summed E-state index contributed by atoms with van der Waals surface area (Å²) in [7, 11) is 0. The van der Waals surface area contributed by atoms with Crippen LogP contribution in [-0.2, 0) is 6.54 Å². The lowest BCUT2D eigenvalue weighted by atomic mass is 9.94. The molecule has 122 valence electrons. The van der Waals surface area contributed by atoms with E-state index in [9.17, 15) is 9.18 Å². The first-order valence-electron chi connectivity index (χ1n) is 8.03. The van der Waals surface area contributed by atoms with E-state index in [-0.39, 0.29) is 17.8 Å². The van der Waals surface area contributed by atoms with Crippen LogP contribution < -0.4 is 5.32 Å². The maximum atomic E-state index is 13.1. The normalized spacial score (nSPS) is 18.5. The molecule has 0 radical (unpaired) electrons. The molecule has 2 aromatic rings.